The van der Waals surface area contributed by atoms with E-state index in [4.69, 9.17) is 9.47 Å². The Morgan fingerprint density at radius 2 is 1.92 bits per heavy atom. The summed E-state index contributed by atoms with van der Waals surface area (Å²) in [6, 6.07) is 13.9. The number of benzene rings is 2. The maximum Gasteiger partial charge on any atom is 0.214 e. The molecule has 0 saturated carbocycles. The van der Waals surface area contributed by atoms with E-state index < -0.39 is 0 Å². The summed E-state index contributed by atoms with van der Waals surface area (Å²) >= 11 is 1.54. The Labute approximate surface area is 151 Å². The minimum atomic E-state index is 0.577. The Morgan fingerprint density at radius 3 is 2.72 bits per heavy atom. The smallest absolute Gasteiger partial charge is 0.214 e. The molecule has 0 aliphatic heterocycles. The summed E-state index contributed by atoms with van der Waals surface area (Å²) in [6.07, 6.45) is 0. The van der Waals surface area contributed by atoms with Gasteiger partial charge in [-0.3, -0.25) is 0 Å². The lowest BCUT2D eigenvalue weighted by Gasteiger charge is -2.11. The van der Waals surface area contributed by atoms with E-state index in [0.717, 1.165) is 34.1 Å². The second kappa shape index (κ2) is 8.02. The van der Waals surface area contributed by atoms with E-state index in [-0.39, 0.29) is 0 Å². The molecule has 0 N–H and O–H groups in total. The molecule has 0 atom stereocenters. The summed E-state index contributed by atoms with van der Waals surface area (Å²) in [5.74, 6) is 2.38. The molecule has 1 aromatic heterocycles. The number of aromatic nitrogens is 4. The minimum absolute atomic E-state index is 0.577. The summed E-state index contributed by atoms with van der Waals surface area (Å²) in [4.78, 5) is 0. The molecule has 6 nitrogen and oxygen atoms in total. The third-order valence-electron chi connectivity index (χ3n) is 3.67. The fourth-order valence-corrected chi connectivity index (χ4v) is 3.09. The number of hydrogen-bond acceptors (Lipinski definition) is 6. The molecule has 0 aliphatic rings. The maximum atomic E-state index is 5.82. The molecule has 2 aromatic carbocycles. The molecule has 0 saturated heterocycles. The highest BCUT2D eigenvalue weighted by Gasteiger charge is 2.13. The standard InChI is InChI=1S/C18H20N4O2S/c1-13-8-9-17(23-3)15(12-13)22-18(19-20-21-22)25-11-10-24-16-7-5-4-6-14(16)2/h4-9,12H,10-11H2,1-3H3. The highest BCUT2D eigenvalue weighted by molar-refractivity contribution is 7.99. The minimum Gasteiger partial charge on any atom is -0.494 e. The van der Waals surface area contributed by atoms with Crippen LogP contribution < -0.4 is 9.47 Å². The first kappa shape index (κ1) is 17.3. The van der Waals surface area contributed by atoms with Crippen molar-refractivity contribution in [3.8, 4) is 17.2 Å². The highest BCUT2D eigenvalue weighted by atomic mass is 32.2. The molecule has 1 heterocycles. The van der Waals surface area contributed by atoms with Crippen molar-refractivity contribution in [3.05, 3.63) is 53.6 Å². The molecule has 0 radical (unpaired) electrons. The van der Waals surface area contributed by atoms with Crippen molar-refractivity contribution < 1.29 is 9.47 Å². The zero-order chi connectivity index (χ0) is 17.6. The topological polar surface area (TPSA) is 62.1 Å². The van der Waals surface area contributed by atoms with E-state index in [1.54, 1.807) is 23.6 Å². The number of hydrogen-bond donors (Lipinski definition) is 0. The Balaban J connectivity index is 1.67. The quantitative estimate of drug-likeness (QED) is 0.477. The van der Waals surface area contributed by atoms with Crippen molar-refractivity contribution in [1.82, 2.24) is 20.2 Å². The summed E-state index contributed by atoms with van der Waals surface area (Å²) in [7, 11) is 1.64. The van der Waals surface area contributed by atoms with Crippen molar-refractivity contribution in [1.29, 1.82) is 0 Å². The fraction of sp³-hybridized carbons (Fsp3) is 0.278. The van der Waals surface area contributed by atoms with Gasteiger partial charge in [-0.2, -0.15) is 4.68 Å². The second-order valence-corrected chi connectivity index (χ2v) is 6.57. The van der Waals surface area contributed by atoms with Crippen LogP contribution in [0.3, 0.4) is 0 Å². The number of methoxy groups -OCH3 is 1. The Hall–Kier alpha value is -2.54. The van der Waals surface area contributed by atoms with Crippen LogP contribution in [-0.2, 0) is 0 Å². The van der Waals surface area contributed by atoms with Crippen molar-refractivity contribution in [2.75, 3.05) is 19.5 Å². The van der Waals surface area contributed by atoms with E-state index >= 15 is 0 Å². The van der Waals surface area contributed by atoms with Gasteiger partial charge in [0.25, 0.3) is 0 Å². The zero-order valence-corrected chi connectivity index (χ0v) is 15.3. The van der Waals surface area contributed by atoms with Crippen LogP contribution in [0.2, 0.25) is 0 Å². The first-order valence-corrected chi connectivity index (χ1v) is 8.92. The van der Waals surface area contributed by atoms with Crippen molar-refractivity contribution in [2.45, 2.75) is 19.0 Å². The van der Waals surface area contributed by atoms with Gasteiger partial charge in [0.15, 0.2) is 0 Å². The molecule has 0 aliphatic carbocycles. The average Bonchev–Trinajstić information content (AvgIpc) is 3.08. The van der Waals surface area contributed by atoms with Gasteiger partial charge in [-0.25, -0.2) is 0 Å². The van der Waals surface area contributed by atoms with Crippen LogP contribution in [0.5, 0.6) is 11.5 Å². The van der Waals surface area contributed by atoms with Crippen molar-refractivity contribution in [3.63, 3.8) is 0 Å². The summed E-state index contributed by atoms with van der Waals surface area (Å²) in [6.45, 7) is 4.64. The Kier molecular flexibility index (Phi) is 5.55. The van der Waals surface area contributed by atoms with Gasteiger partial charge in [0.05, 0.1) is 13.7 Å². The number of para-hydroxylation sites is 1. The van der Waals surface area contributed by atoms with E-state index in [1.807, 2.05) is 56.3 Å². The molecular formula is C18H20N4O2S. The molecular weight excluding hydrogens is 336 g/mol. The molecule has 7 heteroatoms. The van der Waals surface area contributed by atoms with E-state index in [2.05, 4.69) is 15.5 Å². The van der Waals surface area contributed by atoms with Crippen LogP contribution >= 0.6 is 11.8 Å². The first-order valence-electron chi connectivity index (χ1n) is 7.93. The van der Waals surface area contributed by atoms with Gasteiger partial charge in [0.2, 0.25) is 5.16 Å². The van der Waals surface area contributed by atoms with Crippen LogP contribution in [-0.4, -0.2) is 39.7 Å². The number of aryl methyl sites for hydroxylation is 2. The Bertz CT molecular complexity index is 851. The molecule has 25 heavy (non-hydrogen) atoms. The maximum absolute atomic E-state index is 5.82. The van der Waals surface area contributed by atoms with Gasteiger partial charge in [0, 0.05) is 5.75 Å². The zero-order valence-electron chi connectivity index (χ0n) is 14.5. The monoisotopic (exact) mass is 356 g/mol. The number of nitrogens with zero attached hydrogens (tertiary/aromatic N) is 4. The number of ether oxygens (including phenoxy) is 2. The summed E-state index contributed by atoms with van der Waals surface area (Å²) in [5.41, 5.74) is 3.07. The normalized spacial score (nSPS) is 10.7. The number of thioether (sulfide) groups is 1. The van der Waals surface area contributed by atoms with Crippen LogP contribution in [0.1, 0.15) is 11.1 Å². The summed E-state index contributed by atoms with van der Waals surface area (Å²) < 4.78 is 12.9. The largest absolute Gasteiger partial charge is 0.494 e. The lowest BCUT2D eigenvalue weighted by Crippen LogP contribution is -2.05. The third-order valence-corrected chi connectivity index (χ3v) is 4.55. The molecule has 3 rings (SSSR count). The molecule has 130 valence electrons. The SMILES string of the molecule is COc1ccc(C)cc1-n1nnnc1SCCOc1ccccc1C. The van der Waals surface area contributed by atoms with Crippen LogP contribution in [0.25, 0.3) is 5.69 Å². The predicted molar refractivity (Wildman–Crippen MR) is 97.8 cm³/mol. The second-order valence-electron chi connectivity index (χ2n) is 5.51. The lowest BCUT2D eigenvalue weighted by molar-refractivity contribution is 0.341. The van der Waals surface area contributed by atoms with Crippen LogP contribution in [0, 0.1) is 13.8 Å². The van der Waals surface area contributed by atoms with E-state index in [9.17, 15) is 0 Å². The molecule has 0 amide bonds. The summed E-state index contributed by atoms with van der Waals surface area (Å²) in [5, 5.41) is 12.7. The average molecular weight is 356 g/mol. The van der Waals surface area contributed by atoms with Crippen molar-refractivity contribution >= 4 is 11.8 Å². The van der Waals surface area contributed by atoms with Crippen LogP contribution in [0.4, 0.5) is 0 Å². The lowest BCUT2D eigenvalue weighted by atomic mass is 10.2. The molecule has 0 spiro atoms. The number of rotatable bonds is 7. The van der Waals surface area contributed by atoms with Gasteiger partial charge in [-0.15, -0.1) is 5.10 Å². The molecule has 0 bridgehead atoms. The fourth-order valence-electron chi connectivity index (χ4n) is 2.39. The first-order chi connectivity index (χ1) is 12.2. The van der Waals surface area contributed by atoms with Crippen LogP contribution in [0.15, 0.2) is 47.6 Å². The Morgan fingerprint density at radius 1 is 1.08 bits per heavy atom. The van der Waals surface area contributed by atoms with E-state index in [1.165, 1.54) is 0 Å². The number of tetrazole rings is 1. The molecule has 0 unspecified atom stereocenters. The third kappa shape index (κ3) is 4.11. The predicted octanol–water partition coefficient (Wildman–Crippen LogP) is 3.46. The molecule has 0 fully saturated rings. The van der Waals surface area contributed by atoms with Crippen molar-refractivity contribution in [2.24, 2.45) is 0 Å². The van der Waals surface area contributed by atoms with Gasteiger partial charge in [-0.05, 0) is 53.6 Å². The van der Waals surface area contributed by atoms with Gasteiger partial charge >= 0.3 is 0 Å². The van der Waals surface area contributed by atoms with Gasteiger partial charge in [-0.1, -0.05) is 36.0 Å². The van der Waals surface area contributed by atoms with E-state index in [0.29, 0.717) is 11.8 Å². The molecule has 3 aromatic rings. The highest BCUT2D eigenvalue weighted by Crippen LogP contribution is 2.27. The van der Waals surface area contributed by atoms with Gasteiger partial charge < -0.3 is 9.47 Å². The van der Waals surface area contributed by atoms with Gasteiger partial charge in [0.1, 0.15) is 17.2 Å².